The van der Waals surface area contributed by atoms with Crippen molar-refractivity contribution < 1.29 is 0 Å². The lowest BCUT2D eigenvalue weighted by Gasteiger charge is -2.15. The highest BCUT2D eigenvalue weighted by atomic mass is 15.2. The van der Waals surface area contributed by atoms with Gasteiger partial charge in [0.05, 0.1) is 6.20 Å². The van der Waals surface area contributed by atoms with E-state index in [-0.39, 0.29) is 0 Å². The molecule has 3 nitrogen and oxygen atoms in total. The number of nitrogens with one attached hydrogen (secondary N) is 1. The van der Waals surface area contributed by atoms with E-state index in [4.69, 9.17) is 0 Å². The van der Waals surface area contributed by atoms with Crippen molar-refractivity contribution in [2.24, 2.45) is 17.8 Å². The monoisotopic (exact) mass is 231 g/mol. The molecular weight excluding hydrogens is 210 g/mol. The average molecular weight is 231 g/mol. The minimum Gasteiger partial charge on any atom is -0.312 e. The van der Waals surface area contributed by atoms with Gasteiger partial charge in [0.2, 0.25) is 0 Å². The van der Waals surface area contributed by atoms with Crippen LogP contribution in [0, 0.1) is 17.8 Å². The van der Waals surface area contributed by atoms with Gasteiger partial charge in [-0.05, 0) is 50.0 Å². The Morgan fingerprint density at radius 1 is 1.41 bits per heavy atom. The topological polar surface area (TPSA) is 29.9 Å². The predicted octanol–water partition coefficient (Wildman–Crippen LogP) is 2.51. The van der Waals surface area contributed by atoms with Crippen molar-refractivity contribution in [3.8, 4) is 0 Å². The minimum atomic E-state index is 0.934. The summed E-state index contributed by atoms with van der Waals surface area (Å²) in [5.41, 5.74) is 1.25. The molecule has 0 spiro atoms. The number of nitrogens with zero attached hydrogens (tertiary/aromatic N) is 2. The van der Waals surface area contributed by atoms with Gasteiger partial charge >= 0.3 is 0 Å². The summed E-state index contributed by atoms with van der Waals surface area (Å²) in [4.78, 5) is 0. The summed E-state index contributed by atoms with van der Waals surface area (Å²) in [5.74, 6) is 3.02. The van der Waals surface area contributed by atoms with Crippen molar-refractivity contribution in [2.45, 2.75) is 32.2 Å². The quantitative estimate of drug-likeness (QED) is 0.781. The van der Waals surface area contributed by atoms with E-state index in [1.807, 2.05) is 12.4 Å². The maximum absolute atomic E-state index is 4.19. The summed E-state index contributed by atoms with van der Waals surface area (Å²) in [6.07, 6.45) is 11.5. The van der Waals surface area contributed by atoms with E-state index >= 15 is 0 Å². The molecule has 3 heteroatoms. The van der Waals surface area contributed by atoms with E-state index in [1.165, 1.54) is 37.8 Å². The standard InChI is InChI=1S/C14H21N3/c1-2-17-10-11(8-16-17)7-15-9-14(12-3-4-12)13-5-6-13/h2,8,10,12-15H,1,3-7,9H2. The number of rotatable bonds is 7. The SMILES string of the molecule is C=Cn1cc(CNCC(C2CC2)C2CC2)cn1. The van der Waals surface area contributed by atoms with Crippen molar-refractivity contribution in [3.05, 3.63) is 24.5 Å². The van der Waals surface area contributed by atoms with E-state index in [2.05, 4.69) is 17.0 Å². The van der Waals surface area contributed by atoms with Crippen molar-refractivity contribution in [2.75, 3.05) is 6.54 Å². The van der Waals surface area contributed by atoms with Crippen LogP contribution in [0.15, 0.2) is 19.0 Å². The van der Waals surface area contributed by atoms with Crippen LogP contribution in [0.5, 0.6) is 0 Å². The fraction of sp³-hybridized carbons (Fsp3) is 0.643. The fourth-order valence-electron chi connectivity index (χ4n) is 2.72. The third-order valence-electron chi connectivity index (χ3n) is 4.01. The molecule has 1 aromatic heterocycles. The maximum atomic E-state index is 4.19. The first-order valence-corrected chi connectivity index (χ1v) is 6.73. The zero-order chi connectivity index (χ0) is 11.7. The largest absolute Gasteiger partial charge is 0.312 e. The van der Waals surface area contributed by atoms with Crippen molar-refractivity contribution in [1.82, 2.24) is 15.1 Å². The predicted molar refractivity (Wildman–Crippen MR) is 69.3 cm³/mol. The molecule has 2 aliphatic carbocycles. The third-order valence-corrected chi connectivity index (χ3v) is 4.01. The van der Waals surface area contributed by atoms with Gasteiger partial charge in [0.1, 0.15) is 0 Å². The molecule has 0 aromatic carbocycles. The summed E-state index contributed by atoms with van der Waals surface area (Å²) in [7, 11) is 0. The molecule has 0 bridgehead atoms. The molecule has 2 aliphatic rings. The lowest BCUT2D eigenvalue weighted by atomic mass is 9.98. The molecule has 0 aliphatic heterocycles. The molecule has 0 radical (unpaired) electrons. The van der Waals surface area contributed by atoms with Crippen LogP contribution < -0.4 is 5.32 Å². The third kappa shape index (κ3) is 2.78. The molecule has 2 saturated carbocycles. The van der Waals surface area contributed by atoms with Crippen LogP contribution in [0.3, 0.4) is 0 Å². The zero-order valence-electron chi connectivity index (χ0n) is 10.3. The first-order chi connectivity index (χ1) is 8.36. The van der Waals surface area contributed by atoms with Gasteiger partial charge in [0.15, 0.2) is 0 Å². The van der Waals surface area contributed by atoms with Crippen LogP contribution in [0.1, 0.15) is 31.2 Å². The van der Waals surface area contributed by atoms with E-state index in [1.54, 1.807) is 10.9 Å². The molecule has 1 heterocycles. The summed E-state index contributed by atoms with van der Waals surface area (Å²) < 4.78 is 1.76. The zero-order valence-corrected chi connectivity index (χ0v) is 10.3. The Bertz CT molecular complexity index is 376. The van der Waals surface area contributed by atoms with Crippen LogP contribution in [0.4, 0.5) is 0 Å². The van der Waals surface area contributed by atoms with Crippen LogP contribution in [-0.2, 0) is 6.54 Å². The molecule has 1 N–H and O–H groups in total. The van der Waals surface area contributed by atoms with E-state index in [9.17, 15) is 0 Å². The second-order valence-electron chi connectivity index (χ2n) is 5.48. The molecule has 0 amide bonds. The van der Waals surface area contributed by atoms with E-state index < -0.39 is 0 Å². The van der Waals surface area contributed by atoms with Crippen molar-refractivity contribution >= 4 is 6.20 Å². The Labute approximate surface area is 103 Å². The smallest absolute Gasteiger partial charge is 0.0538 e. The van der Waals surface area contributed by atoms with Gasteiger partial charge in [0, 0.05) is 24.5 Å². The summed E-state index contributed by atoms with van der Waals surface area (Å²) >= 11 is 0. The van der Waals surface area contributed by atoms with E-state index in [0.717, 1.165) is 24.3 Å². The highest BCUT2D eigenvalue weighted by Gasteiger charge is 2.40. The molecule has 17 heavy (non-hydrogen) atoms. The normalized spacial score (nSPS) is 19.8. The van der Waals surface area contributed by atoms with Crippen LogP contribution in [-0.4, -0.2) is 16.3 Å². The molecule has 92 valence electrons. The van der Waals surface area contributed by atoms with Gasteiger partial charge in [0.25, 0.3) is 0 Å². The molecular formula is C14H21N3. The Kier molecular flexibility index (Phi) is 3.02. The first kappa shape index (κ1) is 11.0. The van der Waals surface area contributed by atoms with Crippen molar-refractivity contribution in [3.63, 3.8) is 0 Å². The van der Waals surface area contributed by atoms with Crippen LogP contribution in [0.25, 0.3) is 6.20 Å². The molecule has 0 atom stereocenters. The second-order valence-corrected chi connectivity index (χ2v) is 5.48. The van der Waals surface area contributed by atoms with Gasteiger partial charge in [-0.3, -0.25) is 0 Å². The Morgan fingerprint density at radius 3 is 2.65 bits per heavy atom. The number of aromatic nitrogens is 2. The van der Waals surface area contributed by atoms with Crippen LogP contribution in [0.2, 0.25) is 0 Å². The number of hydrogen-bond donors (Lipinski definition) is 1. The minimum absolute atomic E-state index is 0.934. The first-order valence-electron chi connectivity index (χ1n) is 6.73. The summed E-state index contributed by atoms with van der Waals surface area (Å²) in [6.45, 7) is 5.82. The molecule has 0 unspecified atom stereocenters. The maximum Gasteiger partial charge on any atom is 0.0538 e. The van der Waals surface area contributed by atoms with Crippen LogP contribution >= 0.6 is 0 Å². The molecule has 2 fully saturated rings. The summed E-state index contributed by atoms with van der Waals surface area (Å²) in [5, 5.41) is 7.78. The molecule has 1 aromatic rings. The average Bonchev–Trinajstić information content (AvgIpc) is 3.25. The van der Waals surface area contributed by atoms with Crippen molar-refractivity contribution in [1.29, 1.82) is 0 Å². The highest BCUT2D eigenvalue weighted by molar-refractivity contribution is 5.17. The molecule has 3 rings (SSSR count). The van der Waals surface area contributed by atoms with Gasteiger partial charge in [-0.1, -0.05) is 6.58 Å². The van der Waals surface area contributed by atoms with Gasteiger partial charge in [-0.25, -0.2) is 4.68 Å². The number of hydrogen-bond acceptors (Lipinski definition) is 2. The van der Waals surface area contributed by atoms with Gasteiger partial charge in [-0.15, -0.1) is 0 Å². The Morgan fingerprint density at radius 2 is 2.12 bits per heavy atom. The summed E-state index contributed by atoms with van der Waals surface area (Å²) in [6, 6.07) is 0. The molecule has 0 saturated heterocycles. The second kappa shape index (κ2) is 4.65. The lowest BCUT2D eigenvalue weighted by Crippen LogP contribution is -2.25. The fourth-order valence-corrected chi connectivity index (χ4v) is 2.72. The highest BCUT2D eigenvalue weighted by Crippen LogP contribution is 2.48. The Balaban J connectivity index is 1.45. The van der Waals surface area contributed by atoms with Gasteiger partial charge in [-0.2, -0.15) is 5.10 Å². The van der Waals surface area contributed by atoms with E-state index in [0.29, 0.717) is 0 Å². The van der Waals surface area contributed by atoms with Gasteiger partial charge < -0.3 is 5.32 Å². The lowest BCUT2D eigenvalue weighted by molar-refractivity contribution is 0.378. The Hall–Kier alpha value is -1.09.